The summed E-state index contributed by atoms with van der Waals surface area (Å²) in [6.45, 7) is 3.97. The Hall–Kier alpha value is -2.17. The van der Waals surface area contributed by atoms with Gasteiger partial charge in [0.05, 0.1) is 18.1 Å². The molecule has 0 saturated carbocycles. The van der Waals surface area contributed by atoms with E-state index in [0.717, 1.165) is 11.3 Å². The Morgan fingerprint density at radius 1 is 1.26 bits per heavy atom. The number of anilines is 1. The molecule has 1 aromatic heterocycles. The van der Waals surface area contributed by atoms with Gasteiger partial charge in [-0.25, -0.2) is 9.37 Å². The molecule has 0 unspecified atom stereocenters. The first-order valence-corrected chi connectivity index (χ1v) is 5.94. The fourth-order valence-electron chi connectivity index (χ4n) is 1.94. The number of nitrogens with zero attached hydrogens (tertiary/aromatic N) is 2. The van der Waals surface area contributed by atoms with Crippen molar-refractivity contribution in [2.24, 2.45) is 0 Å². The molecule has 0 radical (unpaired) electrons. The highest BCUT2D eigenvalue weighted by molar-refractivity contribution is 5.33. The number of aromatic hydroxyl groups is 1. The van der Waals surface area contributed by atoms with Crippen molar-refractivity contribution in [2.45, 2.75) is 25.7 Å². The number of hydrogen-bond donors (Lipinski definition) is 2. The van der Waals surface area contributed by atoms with Crippen LogP contribution in [0.2, 0.25) is 0 Å². The van der Waals surface area contributed by atoms with E-state index >= 15 is 0 Å². The lowest BCUT2D eigenvalue weighted by Gasteiger charge is -2.25. The van der Waals surface area contributed by atoms with E-state index < -0.39 is 5.82 Å². The molecule has 4 nitrogen and oxygen atoms in total. The summed E-state index contributed by atoms with van der Waals surface area (Å²) >= 11 is 0. The van der Waals surface area contributed by atoms with Crippen molar-refractivity contribution < 1.29 is 9.50 Å². The number of phenols is 1. The highest BCUT2D eigenvalue weighted by Gasteiger charge is 2.23. The molecule has 0 bridgehead atoms. The molecule has 0 aliphatic carbocycles. The Morgan fingerprint density at radius 2 is 2.00 bits per heavy atom. The Balaban J connectivity index is 2.26. The molecule has 0 aliphatic heterocycles. The maximum absolute atomic E-state index is 13.4. The van der Waals surface area contributed by atoms with E-state index in [0.29, 0.717) is 12.2 Å². The number of benzene rings is 1. The van der Waals surface area contributed by atoms with Crippen LogP contribution >= 0.6 is 0 Å². The van der Waals surface area contributed by atoms with Crippen LogP contribution in [0.5, 0.6) is 5.75 Å². The zero-order valence-corrected chi connectivity index (χ0v) is 10.9. The first-order chi connectivity index (χ1) is 8.88. The molecule has 2 aromatic rings. The Morgan fingerprint density at radius 3 is 2.58 bits per heavy atom. The molecule has 0 atom stereocenters. The lowest BCUT2D eigenvalue weighted by molar-refractivity contribution is 0.428. The molecule has 5 heteroatoms. The largest absolute Gasteiger partial charge is 0.505 e. The second kappa shape index (κ2) is 4.84. The summed E-state index contributed by atoms with van der Waals surface area (Å²) in [7, 11) is 0. The van der Waals surface area contributed by atoms with Crippen molar-refractivity contribution in [2.75, 3.05) is 5.73 Å². The van der Waals surface area contributed by atoms with Crippen LogP contribution in [0.15, 0.2) is 30.6 Å². The first kappa shape index (κ1) is 13.3. The van der Waals surface area contributed by atoms with Crippen LogP contribution in [0.1, 0.15) is 25.1 Å². The molecule has 100 valence electrons. The SMILES string of the molecule is CC(C)(Cc1cnc(N)cn1)c1ccc(O)c(F)c1. The lowest BCUT2D eigenvalue weighted by Crippen LogP contribution is -2.21. The summed E-state index contributed by atoms with van der Waals surface area (Å²) in [5.74, 6) is -0.585. The highest BCUT2D eigenvalue weighted by atomic mass is 19.1. The van der Waals surface area contributed by atoms with Crippen LogP contribution < -0.4 is 5.73 Å². The van der Waals surface area contributed by atoms with Gasteiger partial charge in [0.1, 0.15) is 5.82 Å². The van der Waals surface area contributed by atoms with E-state index in [-0.39, 0.29) is 11.2 Å². The van der Waals surface area contributed by atoms with Gasteiger partial charge in [0.2, 0.25) is 0 Å². The summed E-state index contributed by atoms with van der Waals surface area (Å²) in [6.07, 6.45) is 3.72. The maximum Gasteiger partial charge on any atom is 0.165 e. The smallest absolute Gasteiger partial charge is 0.165 e. The van der Waals surface area contributed by atoms with Gasteiger partial charge < -0.3 is 10.8 Å². The van der Waals surface area contributed by atoms with Crippen molar-refractivity contribution in [3.8, 4) is 5.75 Å². The molecular formula is C14H16FN3O. The molecule has 0 fully saturated rings. The van der Waals surface area contributed by atoms with E-state index in [1.54, 1.807) is 12.3 Å². The number of rotatable bonds is 3. The molecule has 1 heterocycles. The van der Waals surface area contributed by atoms with Crippen molar-refractivity contribution in [3.05, 3.63) is 47.7 Å². The summed E-state index contributed by atoms with van der Waals surface area (Å²) in [6, 6.07) is 4.42. The molecule has 2 rings (SSSR count). The average Bonchev–Trinajstić information content (AvgIpc) is 2.35. The van der Waals surface area contributed by atoms with Crippen molar-refractivity contribution in [3.63, 3.8) is 0 Å². The number of aromatic nitrogens is 2. The first-order valence-electron chi connectivity index (χ1n) is 5.94. The molecular weight excluding hydrogens is 245 g/mol. The standard InChI is InChI=1S/C14H16FN3O/c1-14(2,6-10-7-18-13(16)8-17-10)9-3-4-12(19)11(15)5-9/h3-5,7-8,19H,6H2,1-2H3,(H2,16,18). The number of hydrogen-bond acceptors (Lipinski definition) is 4. The predicted molar refractivity (Wildman–Crippen MR) is 71.2 cm³/mol. The maximum atomic E-state index is 13.4. The molecule has 0 spiro atoms. The molecule has 19 heavy (non-hydrogen) atoms. The highest BCUT2D eigenvalue weighted by Crippen LogP contribution is 2.29. The minimum atomic E-state index is -0.617. The van der Waals surface area contributed by atoms with Crippen LogP contribution in [0.25, 0.3) is 0 Å². The summed E-state index contributed by atoms with van der Waals surface area (Å²) in [5.41, 5.74) is 6.74. The van der Waals surface area contributed by atoms with Gasteiger partial charge in [-0.3, -0.25) is 4.98 Å². The van der Waals surface area contributed by atoms with Gasteiger partial charge in [-0.2, -0.15) is 0 Å². The average molecular weight is 261 g/mol. The van der Waals surface area contributed by atoms with Crippen LogP contribution in [0.4, 0.5) is 10.2 Å². The third kappa shape index (κ3) is 2.99. The van der Waals surface area contributed by atoms with E-state index in [1.165, 1.54) is 18.3 Å². The Labute approximate surface area is 111 Å². The van der Waals surface area contributed by atoms with E-state index in [1.807, 2.05) is 13.8 Å². The Kier molecular flexibility index (Phi) is 3.38. The molecule has 0 aliphatic rings. The van der Waals surface area contributed by atoms with E-state index in [9.17, 15) is 9.50 Å². The van der Waals surface area contributed by atoms with Crippen LogP contribution in [-0.2, 0) is 11.8 Å². The second-order valence-corrected chi connectivity index (χ2v) is 5.16. The van der Waals surface area contributed by atoms with Crippen molar-refractivity contribution in [1.29, 1.82) is 0 Å². The van der Waals surface area contributed by atoms with Crippen molar-refractivity contribution >= 4 is 5.82 Å². The van der Waals surface area contributed by atoms with Gasteiger partial charge in [-0.1, -0.05) is 19.9 Å². The zero-order valence-electron chi connectivity index (χ0n) is 10.9. The summed E-state index contributed by atoms with van der Waals surface area (Å²) < 4.78 is 13.4. The number of halogens is 1. The Bertz CT molecular complexity index is 582. The molecule has 3 N–H and O–H groups in total. The van der Waals surface area contributed by atoms with E-state index in [2.05, 4.69) is 9.97 Å². The third-order valence-electron chi connectivity index (χ3n) is 3.08. The summed E-state index contributed by atoms with van der Waals surface area (Å²) in [4.78, 5) is 8.19. The zero-order chi connectivity index (χ0) is 14.0. The summed E-state index contributed by atoms with van der Waals surface area (Å²) in [5, 5.41) is 9.22. The fraction of sp³-hybridized carbons (Fsp3) is 0.286. The minimum absolute atomic E-state index is 0.320. The quantitative estimate of drug-likeness (QED) is 0.890. The fourth-order valence-corrected chi connectivity index (χ4v) is 1.94. The minimum Gasteiger partial charge on any atom is -0.505 e. The number of nitrogens with two attached hydrogens (primary N) is 1. The van der Waals surface area contributed by atoms with Crippen LogP contribution in [0, 0.1) is 5.82 Å². The molecule has 1 aromatic carbocycles. The normalized spacial score (nSPS) is 11.5. The van der Waals surface area contributed by atoms with Gasteiger partial charge >= 0.3 is 0 Å². The van der Waals surface area contributed by atoms with Gasteiger partial charge in [-0.05, 0) is 23.1 Å². The lowest BCUT2D eigenvalue weighted by atomic mass is 9.80. The van der Waals surface area contributed by atoms with Gasteiger partial charge in [0, 0.05) is 6.42 Å². The number of phenolic OH excluding ortho intramolecular Hbond substituents is 1. The van der Waals surface area contributed by atoms with Gasteiger partial charge in [0.25, 0.3) is 0 Å². The van der Waals surface area contributed by atoms with Gasteiger partial charge in [-0.15, -0.1) is 0 Å². The van der Waals surface area contributed by atoms with Crippen LogP contribution in [0.3, 0.4) is 0 Å². The molecule has 0 amide bonds. The van der Waals surface area contributed by atoms with Crippen LogP contribution in [-0.4, -0.2) is 15.1 Å². The van der Waals surface area contributed by atoms with Gasteiger partial charge in [0.15, 0.2) is 11.6 Å². The van der Waals surface area contributed by atoms with Crippen molar-refractivity contribution in [1.82, 2.24) is 9.97 Å². The topological polar surface area (TPSA) is 72.0 Å². The number of nitrogen functional groups attached to an aromatic ring is 1. The second-order valence-electron chi connectivity index (χ2n) is 5.16. The monoisotopic (exact) mass is 261 g/mol. The molecule has 0 saturated heterocycles. The van der Waals surface area contributed by atoms with E-state index in [4.69, 9.17) is 5.73 Å². The third-order valence-corrected chi connectivity index (χ3v) is 3.08. The predicted octanol–water partition coefficient (Wildman–Crippen LogP) is 2.42.